The fraction of sp³-hybridized carbons (Fsp3) is 0.500. The highest BCUT2D eigenvalue weighted by Gasteiger charge is 2.15. The Morgan fingerprint density at radius 3 is 2.60 bits per heavy atom. The fourth-order valence-electron chi connectivity index (χ4n) is 2.91. The Morgan fingerprint density at radius 2 is 2.04 bits per heavy atom. The molecule has 1 atom stereocenters. The number of hydrogen-bond donors (Lipinski definition) is 0. The summed E-state index contributed by atoms with van der Waals surface area (Å²) in [5.74, 6) is 1.41. The van der Waals surface area contributed by atoms with Gasteiger partial charge in [0.05, 0.1) is 0 Å². The molecular formula is C24H37N. The van der Waals surface area contributed by atoms with Crippen molar-refractivity contribution in [3.63, 3.8) is 0 Å². The Balaban J connectivity index is 2.56. The summed E-state index contributed by atoms with van der Waals surface area (Å²) in [5.41, 5.74) is 3.56. The zero-order chi connectivity index (χ0) is 18.7. The van der Waals surface area contributed by atoms with Crippen LogP contribution >= 0.6 is 0 Å². The van der Waals surface area contributed by atoms with Gasteiger partial charge in [0.15, 0.2) is 0 Å². The lowest BCUT2D eigenvalue weighted by Crippen LogP contribution is -2.24. The highest BCUT2D eigenvalue weighted by molar-refractivity contribution is 5.28. The maximum Gasteiger partial charge on any atom is 0.0432 e. The van der Waals surface area contributed by atoms with Gasteiger partial charge in [-0.3, -0.25) is 0 Å². The van der Waals surface area contributed by atoms with Gasteiger partial charge in [-0.2, -0.15) is 0 Å². The fourth-order valence-corrected chi connectivity index (χ4v) is 2.91. The van der Waals surface area contributed by atoms with E-state index in [2.05, 4.69) is 75.8 Å². The summed E-state index contributed by atoms with van der Waals surface area (Å²) in [6.45, 7) is 19.6. The molecule has 0 radical (unpaired) electrons. The molecule has 1 aliphatic rings. The molecule has 0 amide bonds. The summed E-state index contributed by atoms with van der Waals surface area (Å²) in [4.78, 5) is 2.30. The number of nitrogens with zero attached hydrogens (tertiary/aromatic N) is 1. The zero-order valence-electron chi connectivity index (χ0n) is 16.6. The first-order valence-corrected chi connectivity index (χ1v) is 9.68. The highest BCUT2D eigenvalue weighted by Crippen LogP contribution is 2.26. The van der Waals surface area contributed by atoms with E-state index in [0.29, 0.717) is 5.92 Å². The van der Waals surface area contributed by atoms with Gasteiger partial charge in [0.1, 0.15) is 0 Å². The Hall–Kier alpha value is -1.76. The summed E-state index contributed by atoms with van der Waals surface area (Å²) >= 11 is 0. The van der Waals surface area contributed by atoms with E-state index in [4.69, 9.17) is 0 Å². The second-order valence-electron chi connectivity index (χ2n) is 7.60. The van der Waals surface area contributed by atoms with Crippen molar-refractivity contribution in [3.05, 3.63) is 73.2 Å². The standard InChI is InChI=1S/C24H37N/c1-7-8-13-22(6)25(19-21(4)5)24-17-15-23(16-18-24)14-11-9-10-12-20(2)3/h7,9,11,15,17-18,20,23H,1,4,6,8,10,12-14,16,19H2,2-3,5H3/b11-9-. The van der Waals surface area contributed by atoms with Crippen LogP contribution in [0.15, 0.2) is 73.2 Å². The second-order valence-corrected chi connectivity index (χ2v) is 7.60. The monoisotopic (exact) mass is 339 g/mol. The predicted molar refractivity (Wildman–Crippen MR) is 113 cm³/mol. The van der Waals surface area contributed by atoms with Crippen molar-refractivity contribution in [3.8, 4) is 0 Å². The summed E-state index contributed by atoms with van der Waals surface area (Å²) in [7, 11) is 0. The van der Waals surface area contributed by atoms with Gasteiger partial charge in [0, 0.05) is 17.9 Å². The van der Waals surface area contributed by atoms with Crippen LogP contribution in [0.1, 0.15) is 59.3 Å². The molecule has 0 saturated carbocycles. The van der Waals surface area contributed by atoms with Crippen LogP contribution in [0.3, 0.4) is 0 Å². The van der Waals surface area contributed by atoms with Gasteiger partial charge in [-0.15, -0.1) is 6.58 Å². The molecule has 1 nitrogen and oxygen atoms in total. The largest absolute Gasteiger partial charge is 0.342 e. The molecule has 0 aromatic heterocycles. The molecule has 138 valence electrons. The van der Waals surface area contributed by atoms with E-state index in [1.54, 1.807) is 0 Å². The molecule has 1 heteroatoms. The number of allylic oxidation sites excluding steroid dienone is 7. The van der Waals surface area contributed by atoms with E-state index in [0.717, 1.165) is 49.4 Å². The van der Waals surface area contributed by atoms with Gasteiger partial charge < -0.3 is 4.90 Å². The first-order chi connectivity index (χ1) is 11.9. The highest BCUT2D eigenvalue weighted by atomic mass is 15.1. The lowest BCUT2D eigenvalue weighted by molar-refractivity contribution is 0.449. The maximum absolute atomic E-state index is 4.28. The molecule has 0 aliphatic heterocycles. The van der Waals surface area contributed by atoms with Gasteiger partial charge >= 0.3 is 0 Å². The molecular weight excluding hydrogens is 302 g/mol. The molecule has 0 fully saturated rings. The van der Waals surface area contributed by atoms with Crippen molar-refractivity contribution < 1.29 is 0 Å². The van der Waals surface area contributed by atoms with E-state index in [1.165, 1.54) is 18.5 Å². The lowest BCUT2D eigenvalue weighted by atomic mass is 9.94. The third kappa shape index (κ3) is 8.77. The van der Waals surface area contributed by atoms with Crippen LogP contribution in [0.4, 0.5) is 0 Å². The van der Waals surface area contributed by atoms with Crippen molar-refractivity contribution in [1.29, 1.82) is 0 Å². The van der Waals surface area contributed by atoms with Crippen LogP contribution in [-0.4, -0.2) is 11.4 Å². The van der Waals surface area contributed by atoms with Crippen LogP contribution in [0, 0.1) is 11.8 Å². The minimum absolute atomic E-state index is 0.618. The number of rotatable bonds is 12. The minimum Gasteiger partial charge on any atom is -0.342 e. The average Bonchev–Trinajstić information content (AvgIpc) is 2.57. The van der Waals surface area contributed by atoms with Gasteiger partial charge in [-0.05, 0) is 63.4 Å². The Morgan fingerprint density at radius 1 is 1.28 bits per heavy atom. The van der Waals surface area contributed by atoms with Gasteiger partial charge in [-0.25, -0.2) is 0 Å². The molecule has 0 bridgehead atoms. The van der Waals surface area contributed by atoms with Crippen LogP contribution in [-0.2, 0) is 0 Å². The van der Waals surface area contributed by atoms with E-state index >= 15 is 0 Å². The summed E-state index contributed by atoms with van der Waals surface area (Å²) in [6, 6.07) is 0. The SMILES string of the molecule is C=CCCC(=C)N(CC(=C)C)C1=CCC(C/C=C\CCC(C)C)C=C1. The molecule has 0 spiro atoms. The van der Waals surface area contributed by atoms with Crippen molar-refractivity contribution in [2.45, 2.75) is 59.3 Å². The summed E-state index contributed by atoms with van der Waals surface area (Å²) < 4.78 is 0. The van der Waals surface area contributed by atoms with Crippen LogP contribution in [0.5, 0.6) is 0 Å². The Bertz CT molecular complexity index is 530. The van der Waals surface area contributed by atoms with Crippen molar-refractivity contribution in [1.82, 2.24) is 4.90 Å². The summed E-state index contributed by atoms with van der Waals surface area (Å²) in [5, 5.41) is 0. The molecule has 0 saturated heterocycles. The number of hydrogen-bond acceptors (Lipinski definition) is 1. The first kappa shape index (κ1) is 21.3. The molecule has 0 heterocycles. The molecule has 0 aromatic carbocycles. The zero-order valence-corrected chi connectivity index (χ0v) is 16.6. The first-order valence-electron chi connectivity index (χ1n) is 9.68. The molecule has 0 aromatic rings. The molecule has 0 N–H and O–H groups in total. The predicted octanol–water partition coefficient (Wildman–Crippen LogP) is 7.19. The molecule has 1 aliphatic carbocycles. The molecule has 1 rings (SSSR count). The quantitative estimate of drug-likeness (QED) is 0.340. The minimum atomic E-state index is 0.618. The lowest BCUT2D eigenvalue weighted by Gasteiger charge is -2.30. The van der Waals surface area contributed by atoms with Crippen LogP contribution in [0.25, 0.3) is 0 Å². The van der Waals surface area contributed by atoms with Gasteiger partial charge in [-0.1, -0.05) is 63.0 Å². The second kappa shape index (κ2) is 11.7. The van der Waals surface area contributed by atoms with E-state index < -0.39 is 0 Å². The van der Waals surface area contributed by atoms with Crippen molar-refractivity contribution in [2.24, 2.45) is 11.8 Å². The van der Waals surface area contributed by atoms with Crippen LogP contribution in [0.2, 0.25) is 0 Å². The van der Waals surface area contributed by atoms with E-state index in [9.17, 15) is 0 Å². The van der Waals surface area contributed by atoms with E-state index in [-0.39, 0.29) is 0 Å². The van der Waals surface area contributed by atoms with E-state index in [1.807, 2.05) is 6.08 Å². The maximum atomic E-state index is 4.28. The topological polar surface area (TPSA) is 3.24 Å². The Labute approximate surface area is 156 Å². The van der Waals surface area contributed by atoms with Crippen molar-refractivity contribution in [2.75, 3.05) is 6.54 Å². The summed E-state index contributed by atoms with van der Waals surface area (Å²) in [6.07, 6.45) is 20.3. The van der Waals surface area contributed by atoms with Crippen molar-refractivity contribution >= 4 is 0 Å². The molecule has 1 unspecified atom stereocenters. The normalized spacial score (nSPS) is 17.0. The third-order valence-electron chi connectivity index (χ3n) is 4.44. The molecule has 25 heavy (non-hydrogen) atoms. The van der Waals surface area contributed by atoms with Gasteiger partial charge in [0.25, 0.3) is 0 Å². The third-order valence-corrected chi connectivity index (χ3v) is 4.44. The van der Waals surface area contributed by atoms with Crippen LogP contribution < -0.4 is 0 Å². The smallest absolute Gasteiger partial charge is 0.0432 e. The average molecular weight is 340 g/mol. The van der Waals surface area contributed by atoms with Gasteiger partial charge in [0.2, 0.25) is 0 Å². The Kier molecular flexibility index (Phi) is 9.99.